The van der Waals surface area contributed by atoms with Gasteiger partial charge in [0.2, 0.25) is 5.91 Å². The molecule has 0 saturated carbocycles. The van der Waals surface area contributed by atoms with Crippen molar-refractivity contribution in [2.75, 3.05) is 19.4 Å². The first-order chi connectivity index (χ1) is 12.4. The molecule has 3 rings (SSSR count). The maximum absolute atomic E-state index is 12.5. The second kappa shape index (κ2) is 7.93. The van der Waals surface area contributed by atoms with Crippen molar-refractivity contribution in [1.82, 2.24) is 10.2 Å². The number of hydrogen-bond donors (Lipinski definition) is 2. The number of hydrogen-bond acceptors (Lipinski definition) is 4. The predicted molar refractivity (Wildman–Crippen MR) is 105 cm³/mol. The summed E-state index contributed by atoms with van der Waals surface area (Å²) in [4.78, 5) is 27.5. The summed E-state index contributed by atoms with van der Waals surface area (Å²) < 4.78 is 0. The van der Waals surface area contributed by atoms with Crippen LogP contribution in [0.3, 0.4) is 0 Å². The van der Waals surface area contributed by atoms with E-state index in [4.69, 9.17) is 0 Å². The van der Waals surface area contributed by atoms with Gasteiger partial charge in [-0.15, -0.1) is 11.8 Å². The average Bonchev–Trinajstić information content (AvgIpc) is 2.61. The van der Waals surface area contributed by atoms with Crippen LogP contribution in [-0.4, -0.2) is 36.1 Å². The number of thioether (sulfide) groups is 1. The molecule has 0 fully saturated rings. The molecule has 26 heavy (non-hydrogen) atoms. The summed E-state index contributed by atoms with van der Waals surface area (Å²) in [6.07, 6.45) is 0. The van der Waals surface area contributed by atoms with Crippen LogP contribution in [0.15, 0.2) is 47.4 Å². The minimum Gasteiger partial charge on any atom is -0.348 e. The van der Waals surface area contributed by atoms with Gasteiger partial charge in [0.15, 0.2) is 0 Å². The van der Waals surface area contributed by atoms with Crippen LogP contribution in [0.25, 0.3) is 0 Å². The molecule has 136 valence electrons. The number of fused-ring (bicyclic) bond motifs is 1. The van der Waals surface area contributed by atoms with Crippen molar-refractivity contribution >= 4 is 29.3 Å². The van der Waals surface area contributed by atoms with Gasteiger partial charge in [-0.3, -0.25) is 9.59 Å². The van der Waals surface area contributed by atoms with Gasteiger partial charge in [0.25, 0.3) is 5.91 Å². The SMILES string of the molecule is C[C@@H]1Sc2ccc(C(=O)NCc3ccccc3CN(C)C)cc2NC1=O. The Bertz CT molecular complexity index is 836. The second-order valence-corrected chi connectivity index (χ2v) is 8.03. The lowest BCUT2D eigenvalue weighted by molar-refractivity contribution is -0.115. The van der Waals surface area contributed by atoms with E-state index in [2.05, 4.69) is 21.6 Å². The topological polar surface area (TPSA) is 61.4 Å². The smallest absolute Gasteiger partial charge is 0.251 e. The highest BCUT2D eigenvalue weighted by atomic mass is 32.2. The molecule has 1 aliphatic heterocycles. The molecule has 0 unspecified atom stereocenters. The third kappa shape index (κ3) is 4.26. The fourth-order valence-corrected chi connectivity index (χ4v) is 3.78. The molecule has 2 amide bonds. The zero-order chi connectivity index (χ0) is 18.7. The van der Waals surface area contributed by atoms with Crippen molar-refractivity contribution < 1.29 is 9.59 Å². The van der Waals surface area contributed by atoms with Gasteiger partial charge < -0.3 is 15.5 Å². The van der Waals surface area contributed by atoms with Crippen LogP contribution in [0.5, 0.6) is 0 Å². The summed E-state index contributed by atoms with van der Waals surface area (Å²) in [6.45, 7) is 3.17. The highest BCUT2D eigenvalue weighted by molar-refractivity contribution is 8.00. The van der Waals surface area contributed by atoms with E-state index in [1.807, 2.05) is 45.3 Å². The number of anilines is 1. The first-order valence-electron chi connectivity index (χ1n) is 8.55. The highest BCUT2D eigenvalue weighted by Crippen LogP contribution is 2.35. The zero-order valence-electron chi connectivity index (χ0n) is 15.2. The number of nitrogens with zero attached hydrogens (tertiary/aromatic N) is 1. The summed E-state index contributed by atoms with van der Waals surface area (Å²) in [6, 6.07) is 13.5. The van der Waals surface area contributed by atoms with E-state index in [-0.39, 0.29) is 17.1 Å². The van der Waals surface area contributed by atoms with Crippen molar-refractivity contribution in [2.45, 2.75) is 30.2 Å². The van der Waals surface area contributed by atoms with E-state index in [0.29, 0.717) is 17.8 Å². The largest absolute Gasteiger partial charge is 0.348 e. The third-order valence-corrected chi connectivity index (χ3v) is 5.39. The van der Waals surface area contributed by atoms with Crippen molar-refractivity contribution in [3.05, 3.63) is 59.2 Å². The van der Waals surface area contributed by atoms with Crippen LogP contribution in [0.1, 0.15) is 28.4 Å². The molecule has 6 heteroatoms. The van der Waals surface area contributed by atoms with Gasteiger partial charge in [0.1, 0.15) is 0 Å². The third-order valence-electron chi connectivity index (χ3n) is 4.22. The molecule has 0 radical (unpaired) electrons. The van der Waals surface area contributed by atoms with Crippen LogP contribution in [0.4, 0.5) is 5.69 Å². The van der Waals surface area contributed by atoms with Crippen LogP contribution in [-0.2, 0) is 17.9 Å². The van der Waals surface area contributed by atoms with E-state index >= 15 is 0 Å². The number of benzene rings is 2. The molecular formula is C20H23N3O2S. The summed E-state index contributed by atoms with van der Waals surface area (Å²) in [5, 5.41) is 5.73. The van der Waals surface area contributed by atoms with E-state index in [9.17, 15) is 9.59 Å². The van der Waals surface area contributed by atoms with Gasteiger partial charge in [-0.25, -0.2) is 0 Å². The highest BCUT2D eigenvalue weighted by Gasteiger charge is 2.23. The van der Waals surface area contributed by atoms with Gasteiger partial charge in [-0.1, -0.05) is 24.3 Å². The van der Waals surface area contributed by atoms with Crippen molar-refractivity contribution in [3.8, 4) is 0 Å². The molecule has 0 spiro atoms. The van der Waals surface area contributed by atoms with Crippen LogP contribution >= 0.6 is 11.8 Å². The van der Waals surface area contributed by atoms with E-state index in [0.717, 1.165) is 17.0 Å². The minimum atomic E-state index is -0.148. The van der Waals surface area contributed by atoms with E-state index < -0.39 is 0 Å². The summed E-state index contributed by atoms with van der Waals surface area (Å²) in [7, 11) is 4.05. The molecule has 2 aromatic carbocycles. The fourth-order valence-electron chi connectivity index (χ4n) is 2.85. The van der Waals surface area contributed by atoms with Crippen LogP contribution in [0.2, 0.25) is 0 Å². The second-order valence-electron chi connectivity index (χ2n) is 6.65. The number of amides is 2. The molecular weight excluding hydrogens is 346 g/mol. The molecule has 0 aromatic heterocycles. The van der Waals surface area contributed by atoms with Crippen LogP contribution in [0, 0.1) is 0 Å². The predicted octanol–water partition coefficient (Wildman–Crippen LogP) is 3.11. The monoisotopic (exact) mass is 369 g/mol. The van der Waals surface area contributed by atoms with E-state index in [1.165, 1.54) is 17.3 Å². The minimum absolute atomic E-state index is 0.0299. The molecule has 1 atom stereocenters. The van der Waals surface area contributed by atoms with Gasteiger partial charge in [0.05, 0.1) is 10.9 Å². The molecule has 2 N–H and O–H groups in total. The molecule has 0 saturated heterocycles. The average molecular weight is 369 g/mol. The number of nitrogens with one attached hydrogen (secondary N) is 2. The lowest BCUT2D eigenvalue weighted by Gasteiger charge is -2.21. The first kappa shape index (κ1) is 18.5. The molecule has 1 aliphatic rings. The van der Waals surface area contributed by atoms with E-state index in [1.54, 1.807) is 12.1 Å². The Morgan fingerprint density at radius 3 is 2.65 bits per heavy atom. The molecule has 0 bridgehead atoms. The fraction of sp³-hybridized carbons (Fsp3) is 0.300. The number of carbonyl (C=O) groups excluding carboxylic acids is 2. The van der Waals surface area contributed by atoms with Gasteiger partial charge >= 0.3 is 0 Å². The molecule has 1 heterocycles. The molecule has 2 aromatic rings. The van der Waals surface area contributed by atoms with Crippen molar-refractivity contribution in [2.24, 2.45) is 0 Å². The maximum Gasteiger partial charge on any atom is 0.251 e. The lowest BCUT2D eigenvalue weighted by atomic mass is 10.1. The van der Waals surface area contributed by atoms with Crippen LogP contribution < -0.4 is 10.6 Å². The Labute approximate surface area is 158 Å². The summed E-state index contributed by atoms with van der Waals surface area (Å²) in [5.41, 5.74) is 3.55. The number of carbonyl (C=O) groups is 2. The Morgan fingerprint density at radius 1 is 1.19 bits per heavy atom. The Balaban J connectivity index is 1.70. The lowest BCUT2D eigenvalue weighted by Crippen LogP contribution is -2.27. The van der Waals surface area contributed by atoms with Crippen molar-refractivity contribution in [1.29, 1.82) is 0 Å². The zero-order valence-corrected chi connectivity index (χ0v) is 16.0. The Morgan fingerprint density at radius 2 is 1.92 bits per heavy atom. The Hall–Kier alpha value is -2.31. The Kier molecular flexibility index (Phi) is 5.64. The summed E-state index contributed by atoms with van der Waals surface area (Å²) >= 11 is 1.51. The number of rotatable bonds is 5. The standard InChI is InChI=1S/C20H23N3O2S/c1-13-19(24)22-17-10-14(8-9-18(17)26-13)20(25)21-11-15-6-4-5-7-16(15)12-23(2)3/h4-10,13H,11-12H2,1-3H3,(H,21,25)(H,22,24)/t13-/m0/s1. The summed E-state index contributed by atoms with van der Waals surface area (Å²) in [5.74, 6) is -0.178. The van der Waals surface area contributed by atoms with Gasteiger partial charge in [-0.05, 0) is 50.3 Å². The first-order valence-corrected chi connectivity index (χ1v) is 9.43. The van der Waals surface area contributed by atoms with Gasteiger partial charge in [0, 0.05) is 23.5 Å². The molecule has 0 aliphatic carbocycles. The maximum atomic E-state index is 12.5. The van der Waals surface area contributed by atoms with Gasteiger partial charge in [-0.2, -0.15) is 0 Å². The normalized spacial score (nSPS) is 16.2. The molecule has 5 nitrogen and oxygen atoms in total. The van der Waals surface area contributed by atoms with Crippen molar-refractivity contribution in [3.63, 3.8) is 0 Å². The quantitative estimate of drug-likeness (QED) is 0.850.